The third-order valence-electron chi connectivity index (χ3n) is 8.68. The molecule has 1 saturated heterocycles. The van der Waals surface area contributed by atoms with Gasteiger partial charge in [-0.3, -0.25) is 14.2 Å². The number of likely N-dealkylation sites (tertiary alicyclic amines) is 1. The average Bonchev–Trinajstić information content (AvgIpc) is 3.00. The second-order valence-electron chi connectivity index (χ2n) is 11.8. The lowest BCUT2D eigenvalue weighted by molar-refractivity contribution is -0.145. The van der Waals surface area contributed by atoms with Crippen molar-refractivity contribution in [1.82, 2.24) is 14.5 Å². The highest BCUT2D eigenvalue weighted by Crippen LogP contribution is 2.46. The summed E-state index contributed by atoms with van der Waals surface area (Å²) in [6.45, 7) is 1.07. The molecule has 5 rings (SSSR count). The normalized spacial score (nSPS) is 21.3. The molecule has 1 aliphatic carbocycles. The standard InChI is InChI=1S/C32H39F2N5O4/c33-32(34)13-12-25(26(19-32)23-6-2-1-3-7-23)29(40)38-17-14-31(42,15-18-38)20-39-21-37-28(27(36)30(39)41)43-24-10-8-22(9-11-24)5-4-16-35/h1-3,6-11,21,25-26,42H,4-5,12-20,35-36H2/t25-,26+/m1/s1. The number of halogens is 2. The highest BCUT2D eigenvalue weighted by Gasteiger charge is 2.46. The third kappa shape index (κ3) is 7.22. The van der Waals surface area contributed by atoms with Gasteiger partial charge in [0.05, 0.1) is 12.1 Å². The fraction of sp³-hybridized carbons (Fsp3) is 0.469. The number of hydrogen-bond acceptors (Lipinski definition) is 7. The third-order valence-corrected chi connectivity index (χ3v) is 8.68. The number of nitrogen functional groups attached to an aromatic ring is 1. The first-order valence-corrected chi connectivity index (χ1v) is 14.8. The van der Waals surface area contributed by atoms with Crippen LogP contribution in [0.1, 0.15) is 55.6 Å². The van der Waals surface area contributed by atoms with Crippen LogP contribution in [0.3, 0.4) is 0 Å². The maximum atomic E-state index is 14.4. The number of piperidine rings is 1. The van der Waals surface area contributed by atoms with Crippen molar-refractivity contribution in [3.05, 3.63) is 82.4 Å². The van der Waals surface area contributed by atoms with Gasteiger partial charge in [0, 0.05) is 37.8 Å². The Labute approximate surface area is 249 Å². The Hall–Kier alpha value is -3.83. The van der Waals surface area contributed by atoms with E-state index in [4.69, 9.17) is 16.2 Å². The van der Waals surface area contributed by atoms with Crippen LogP contribution in [0, 0.1) is 5.92 Å². The summed E-state index contributed by atoms with van der Waals surface area (Å²) in [6.07, 6.45) is 2.91. The van der Waals surface area contributed by atoms with E-state index in [9.17, 15) is 23.5 Å². The van der Waals surface area contributed by atoms with Gasteiger partial charge in [-0.1, -0.05) is 42.5 Å². The number of alkyl halides is 2. The molecule has 0 radical (unpaired) electrons. The van der Waals surface area contributed by atoms with Gasteiger partial charge in [-0.15, -0.1) is 0 Å². The minimum Gasteiger partial charge on any atom is -0.437 e. The highest BCUT2D eigenvalue weighted by molar-refractivity contribution is 5.80. The Morgan fingerprint density at radius 1 is 1.07 bits per heavy atom. The molecule has 0 bridgehead atoms. The average molecular weight is 596 g/mol. The van der Waals surface area contributed by atoms with Crippen LogP contribution in [0.15, 0.2) is 65.7 Å². The van der Waals surface area contributed by atoms with Gasteiger partial charge in [-0.2, -0.15) is 0 Å². The molecule has 2 atom stereocenters. The zero-order valence-corrected chi connectivity index (χ0v) is 24.1. The zero-order valence-electron chi connectivity index (χ0n) is 24.1. The predicted molar refractivity (Wildman–Crippen MR) is 159 cm³/mol. The first-order valence-electron chi connectivity index (χ1n) is 14.8. The summed E-state index contributed by atoms with van der Waals surface area (Å²) in [5, 5.41) is 11.3. The van der Waals surface area contributed by atoms with E-state index in [2.05, 4.69) is 4.98 Å². The molecule has 11 heteroatoms. The lowest BCUT2D eigenvalue weighted by atomic mass is 9.73. The Balaban J connectivity index is 1.21. The van der Waals surface area contributed by atoms with E-state index in [0.29, 0.717) is 12.3 Å². The second kappa shape index (κ2) is 12.8. The summed E-state index contributed by atoms with van der Waals surface area (Å²) in [4.78, 5) is 32.5. The van der Waals surface area contributed by atoms with Gasteiger partial charge in [0.15, 0.2) is 5.69 Å². The summed E-state index contributed by atoms with van der Waals surface area (Å²) < 4.78 is 35.7. The molecule has 1 aromatic heterocycles. The van der Waals surface area contributed by atoms with Crippen LogP contribution in [0.5, 0.6) is 11.6 Å². The Bertz CT molecular complexity index is 1460. The number of aryl methyl sites for hydroxylation is 1. The highest BCUT2D eigenvalue weighted by atomic mass is 19.3. The first kappa shape index (κ1) is 30.6. The van der Waals surface area contributed by atoms with Crippen molar-refractivity contribution >= 4 is 11.6 Å². The fourth-order valence-corrected chi connectivity index (χ4v) is 6.16. The number of aromatic nitrogens is 2. The smallest absolute Gasteiger partial charge is 0.280 e. The molecule has 2 heterocycles. The lowest BCUT2D eigenvalue weighted by Gasteiger charge is -2.42. The van der Waals surface area contributed by atoms with Gasteiger partial charge in [-0.05, 0) is 61.9 Å². The Kier molecular flexibility index (Phi) is 9.12. The van der Waals surface area contributed by atoms with Crippen LogP contribution in [0.25, 0.3) is 0 Å². The van der Waals surface area contributed by atoms with Crippen molar-refractivity contribution in [1.29, 1.82) is 0 Å². The van der Waals surface area contributed by atoms with E-state index in [1.54, 1.807) is 41.3 Å². The molecule has 0 spiro atoms. The molecule has 1 aliphatic heterocycles. The van der Waals surface area contributed by atoms with Gasteiger partial charge in [-0.25, -0.2) is 13.8 Å². The maximum absolute atomic E-state index is 14.4. The van der Waals surface area contributed by atoms with Crippen LogP contribution >= 0.6 is 0 Å². The zero-order chi connectivity index (χ0) is 30.6. The molecule has 230 valence electrons. The summed E-state index contributed by atoms with van der Waals surface area (Å²) in [6, 6.07) is 16.4. The minimum absolute atomic E-state index is 0.0191. The molecule has 1 saturated carbocycles. The van der Waals surface area contributed by atoms with E-state index in [-0.39, 0.29) is 69.2 Å². The van der Waals surface area contributed by atoms with Gasteiger partial charge in [0.2, 0.25) is 17.7 Å². The molecular weight excluding hydrogens is 556 g/mol. The number of anilines is 1. The minimum atomic E-state index is -2.81. The summed E-state index contributed by atoms with van der Waals surface area (Å²) in [5.41, 5.74) is 11.5. The molecule has 1 amide bonds. The fourth-order valence-electron chi connectivity index (χ4n) is 6.16. The van der Waals surface area contributed by atoms with Gasteiger partial charge < -0.3 is 26.2 Å². The van der Waals surface area contributed by atoms with Crippen molar-refractivity contribution in [2.45, 2.75) is 68.9 Å². The molecule has 43 heavy (non-hydrogen) atoms. The number of carbonyl (C=O) groups excluding carboxylic acids is 1. The van der Waals surface area contributed by atoms with Gasteiger partial charge >= 0.3 is 0 Å². The van der Waals surface area contributed by atoms with E-state index < -0.39 is 28.9 Å². The van der Waals surface area contributed by atoms with Crippen molar-refractivity contribution < 1.29 is 23.4 Å². The van der Waals surface area contributed by atoms with Crippen LogP contribution < -0.4 is 21.8 Å². The Morgan fingerprint density at radius 3 is 2.44 bits per heavy atom. The van der Waals surface area contributed by atoms with Crippen molar-refractivity contribution in [3.63, 3.8) is 0 Å². The first-order chi connectivity index (χ1) is 20.6. The molecule has 3 aromatic rings. The van der Waals surface area contributed by atoms with Gasteiger partial charge in [0.1, 0.15) is 12.1 Å². The molecular formula is C32H39F2N5O4. The number of nitrogens with zero attached hydrogens (tertiary/aromatic N) is 3. The quantitative estimate of drug-likeness (QED) is 0.339. The van der Waals surface area contributed by atoms with Crippen molar-refractivity contribution in [2.24, 2.45) is 11.7 Å². The summed E-state index contributed by atoms with van der Waals surface area (Å²) in [7, 11) is 0. The predicted octanol–water partition coefficient (Wildman–Crippen LogP) is 4.08. The number of aliphatic hydroxyl groups is 1. The van der Waals surface area contributed by atoms with E-state index in [1.807, 2.05) is 18.2 Å². The lowest BCUT2D eigenvalue weighted by Crippen LogP contribution is -2.52. The number of hydrogen-bond donors (Lipinski definition) is 3. The second-order valence-corrected chi connectivity index (χ2v) is 11.8. The van der Waals surface area contributed by atoms with Gasteiger partial charge in [0.25, 0.3) is 5.56 Å². The van der Waals surface area contributed by atoms with Crippen molar-refractivity contribution in [3.8, 4) is 11.6 Å². The van der Waals surface area contributed by atoms with E-state index in [1.165, 1.54) is 10.9 Å². The summed E-state index contributed by atoms with van der Waals surface area (Å²) in [5.74, 6) is -3.62. The molecule has 5 N–H and O–H groups in total. The largest absolute Gasteiger partial charge is 0.437 e. The molecule has 2 aromatic carbocycles. The monoisotopic (exact) mass is 595 g/mol. The number of nitrogens with two attached hydrogens (primary N) is 2. The molecule has 2 fully saturated rings. The Morgan fingerprint density at radius 2 is 1.77 bits per heavy atom. The van der Waals surface area contributed by atoms with Crippen LogP contribution in [0.4, 0.5) is 14.5 Å². The van der Waals surface area contributed by atoms with E-state index in [0.717, 1.165) is 24.0 Å². The van der Waals surface area contributed by atoms with E-state index >= 15 is 0 Å². The molecule has 0 unspecified atom stereocenters. The molecule has 9 nitrogen and oxygen atoms in total. The topological polar surface area (TPSA) is 137 Å². The number of carbonyl (C=O) groups is 1. The number of benzene rings is 2. The van der Waals surface area contributed by atoms with Crippen molar-refractivity contribution in [2.75, 3.05) is 25.4 Å². The number of amides is 1. The van der Waals surface area contributed by atoms with Crippen LogP contribution in [0.2, 0.25) is 0 Å². The number of rotatable bonds is 9. The van der Waals surface area contributed by atoms with Crippen LogP contribution in [-0.2, 0) is 17.8 Å². The molecule has 2 aliphatic rings. The summed E-state index contributed by atoms with van der Waals surface area (Å²) >= 11 is 0. The SMILES string of the molecule is NCCCc1ccc(Oc2ncn(CC3(O)CCN(C(=O)[C@@H]4CCC(F)(F)C[C@H]4c4ccccc4)CC3)c(=O)c2N)cc1. The number of ether oxygens (including phenoxy) is 1. The maximum Gasteiger partial charge on any atom is 0.280 e. The van der Waals surface area contributed by atoms with Crippen LogP contribution in [-0.4, -0.2) is 56.6 Å².